The summed E-state index contributed by atoms with van der Waals surface area (Å²) in [4.78, 5) is 10.5. The first-order valence-corrected chi connectivity index (χ1v) is 19.9. The zero-order valence-electron chi connectivity index (χ0n) is 30.4. The fraction of sp³-hybridized carbons (Fsp3) is 0.0189. The normalized spacial score (nSPS) is 12.8. The molecule has 0 saturated carbocycles. The third kappa shape index (κ3) is 5.09. The van der Waals surface area contributed by atoms with Gasteiger partial charge in [-0.2, -0.15) is 0 Å². The van der Waals surface area contributed by atoms with Crippen LogP contribution in [0.4, 0.5) is 0 Å². The molecule has 3 heteroatoms. The molecular weight excluding hydrogens is 697 g/mol. The molecule has 0 unspecified atom stereocenters. The van der Waals surface area contributed by atoms with Gasteiger partial charge in [-0.15, -0.1) is 11.3 Å². The molecule has 0 bridgehead atoms. The van der Waals surface area contributed by atoms with Crippen molar-refractivity contribution in [1.29, 1.82) is 0 Å². The topological polar surface area (TPSA) is 25.8 Å². The molecule has 2 aromatic heterocycles. The molecule has 2 nitrogen and oxygen atoms in total. The number of hydrogen-bond donors (Lipinski definition) is 0. The molecule has 0 aliphatic heterocycles. The number of aromatic nitrogens is 2. The van der Waals surface area contributed by atoms with Crippen molar-refractivity contribution in [3.63, 3.8) is 0 Å². The molecule has 56 heavy (non-hydrogen) atoms. The zero-order chi connectivity index (χ0) is 37.1. The van der Waals surface area contributed by atoms with Crippen LogP contribution >= 0.6 is 11.3 Å². The average Bonchev–Trinajstić information content (AvgIpc) is 3.80. The van der Waals surface area contributed by atoms with E-state index < -0.39 is 5.41 Å². The van der Waals surface area contributed by atoms with Crippen molar-refractivity contribution < 1.29 is 0 Å². The molecule has 11 rings (SSSR count). The number of fused-ring (bicyclic) bond motifs is 6. The third-order valence-electron chi connectivity index (χ3n) is 11.4. The second-order valence-electron chi connectivity index (χ2n) is 14.5. The minimum Gasteiger partial charge on any atom is -0.228 e. The number of benzene rings is 8. The highest BCUT2D eigenvalue weighted by Gasteiger charge is 2.45. The van der Waals surface area contributed by atoms with Crippen LogP contribution in [-0.4, -0.2) is 9.97 Å². The Balaban J connectivity index is 1.07. The van der Waals surface area contributed by atoms with Gasteiger partial charge in [0.1, 0.15) is 0 Å². The SMILES string of the molecule is c1ccc(-c2nc(-c3ccc4sc5ccccc5c4c3)cc(-c3ccccc3-c3ccc(C4(c5ccccc5)c5ccccc5-c5ccccc54)cc3)n2)cc1. The first-order chi connectivity index (χ1) is 27.8. The smallest absolute Gasteiger partial charge is 0.160 e. The summed E-state index contributed by atoms with van der Waals surface area (Å²) in [6.07, 6.45) is 0. The van der Waals surface area contributed by atoms with E-state index in [1.54, 1.807) is 0 Å². The minimum absolute atomic E-state index is 0.437. The van der Waals surface area contributed by atoms with Crippen molar-refractivity contribution >= 4 is 31.5 Å². The van der Waals surface area contributed by atoms with Gasteiger partial charge in [0.15, 0.2) is 5.82 Å². The van der Waals surface area contributed by atoms with Crippen LogP contribution in [0.3, 0.4) is 0 Å². The summed E-state index contributed by atoms with van der Waals surface area (Å²) in [5.41, 5.74) is 14.5. The van der Waals surface area contributed by atoms with Crippen molar-refractivity contribution in [2.45, 2.75) is 5.41 Å². The highest BCUT2D eigenvalue weighted by Crippen LogP contribution is 2.56. The van der Waals surface area contributed by atoms with Crippen LogP contribution in [0.5, 0.6) is 0 Å². The van der Waals surface area contributed by atoms with Crippen LogP contribution in [0.2, 0.25) is 0 Å². The first kappa shape index (κ1) is 32.5. The lowest BCUT2D eigenvalue weighted by Crippen LogP contribution is -2.28. The predicted octanol–water partition coefficient (Wildman–Crippen LogP) is 13.9. The van der Waals surface area contributed by atoms with Gasteiger partial charge in [-0.3, -0.25) is 0 Å². The lowest BCUT2D eigenvalue weighted by atomic mass is 9.67. The molecule has 0 amide bonds. The summed E-state index contributed by atoms with van der Waals surface area (Å²) < 4.78 is 2.57. The second kappa shape index (κ2) is 13.1. The van der Waals surface area contributed by atoms with E-state index >= 15 is 0 Å². The summed E-state index contributed by atoms with van der Waals surface area (Å²) in [5, 5.41) is 2.53. The van der Waals surface area contributed by atoms with Gasteiger partial charge in [0.25, 0.3) is 0 Å². The second-order valence-corrected chi connectivity index (χ2v) is 15.6. The molecule has 2 heterocycles. The lowest BCUT2D eigenvalue weighted by molar-refractivity contribution is 0.768. The van der Waals surface area contributed by atoms with E-state index in [4.69, 9.17) is 9.97 Å². The Morgan fingerprint density at radius 3 is 1.61 bits per heavy atom. The minimum atomic E-state index is -0.437. The molecule has 0 saturated heterocycles. The Hall–Kier alpha value is -6.94. The molecule has 0 radical (unpaired) electrons. The van der Waals surface area contributed by atoms with Gasteiger partial charge in [-0.25, -0.2) is 9.97 Å². The third-order valence-corrected chi connectivity index (χ3v) is 12.6. The molecule has 8 aromatic carbocycles. The fourth-order valence-corrected chi connectivity index (χ4v) is 9.99. The molecule has 1 aliphatic carbocycles. The van der Waals surface area contributed by atoms with E-state index in [1.165, 1.54) is 53.6 Å². The number of rotatable bonds is 6. The van der Waals surface area contributed by atoms with E-state index in [9.17, 15) is 0 Å². The maximum atomic E-state index is 5.26. The summed E-state index contributed by atoms with van der Waals surface area (Å²) in [5.74, 6) is 0.710. The Morgan fingerprint density at radius 1 is 0.339 bits per heavy atom. The van der Waals surface area contributed by atoms with Crippen molar-refractivity contribution in [2.24, 2.45) is 0 Å². The highest BCUT2D eigenvalue weighted by atomic mass is 32.1. The summed E-state index contributed by atoms with van der Waals surface area (Å²) in [7, 11) is 0. The maximum absolute atomic E-state index is 5.26. The van der Waals surface area contributed by atoms with Crippen LogP contribution in [0, 0.1) is 0 Å². The summed E-state index contributed by atoms with van der Waals surface area (Å²) in [6, 6.07) is 74.5. The number of hydrogen-bond acceptors (Lipinski definition) is 3. The van der Waals surface area contributed by atoms with Gasteiger partial charge in [0.05, 0.1) is 16.8 Å². The zero-order valence-corrected chi connectivity index (χ0v) is 31.2. The van der Waals surface area contributed by atoms with E-state index in [1.807, 2.05) is 29.5 Å². The Bertz CT molecular complexity index is 3030. The highest BCUT2D eigenvalue weighted by molar-refractivity contribution is 7.25. The number of nitrogens with zero attached hydrogens (tertiary/aromatic N) is 2. The molecule has 1 aliphatic rings. The lowest BCUT2D eigenvalue weighted by Gasteiger charge is -2.34. The Labute approximate surface area is 330 Å². The summed E-state index contributed by atoms with van der Waals surface area (Å²) >= 11 is 1.83. The van der Waals surface area contributed by atoms with Gasteiger partial charge >= 0.3 is 0 Å². The summed E-state index contributed by atoms with van der Waals surface area (Å²) in [6.45, 7) is 0. The van der Waals surface area contributed by atoms with Crippen LogP contribution in [0.1, 0.15) is 22.3 Å². The Morgan fingerprint density at radius 2 is 0.875 bits per heavy atom. The van der Waals surface area contributed by atoms with E-state index in [2.05, 4.69) is 188 Å². The van der Waals surface area contributed by atoms with Crippen LogP contribution in [0.25, 0.3) is 76.3 Å². The maximum Gasteiger partial charge on any atom is 0.160 e. The number of thiophene rings is 1. The van der Waals surface area contributed by atoms with E-state index in [-0.39, 0.29) is 0 Å². The van der Waals surface area contributed by atoms with Crippen molar-refractivity contribution in [3.8, 4) is 56.2 Å². The molecule has 0 N–H and O–H groups in total. The first-order valence-electron chi connectivity index (χ1n) is 19.1. The molecular formula is C53H34N2S. The molecule has 262 valence electrons. The van der Waals surface area contributed by atoms with Crippen molar-refractivity contribution in [3.05, 3.63) is 229 Å². The van der Waals surface area contributed by atoms with Crippen LogP contribution in [0.15, 0.2) is 206 Å². The molecule has 0 fully saturated rings. The Kier molecular flexibility index (Phi) is 7.61. The van der Waals surface area contributed by atoms with Crippen LogP contribution in [-0.2, 0) is 5.41 Å². The van der Waals surface area contributed by atoms with Crippen molar-refractivity contribution in [1.82, 2.24) is 9.97 Å². The van der Waals surface area contributed by atoms with Crippen molar-refractivity contribution in [2.75, 3.05) is 0 Å². The quantitative estimate of drug-likeness (QED) is 0.170. The van der Waals surface area contributed by atoms with Crippen LogP contribution < -0.4 is 0 Å². The molecule has 0 spiro atoms. The van der Waals surface area contributed by atoms with Gasteiger partial charge in [-0.1, -0.05) is 182 Å². The standard InChI is InChI=1S/C53H34N2S/c1-3-15-36(16-4-1)52-54-48(37-29-32-51-45(33-37)44-23-11-14-26-50(44)56-51)34-49(55-52)43-22-8-7-19-40(43)35-27-30-39(31-28-35)53(38-17-5-2-6-18-38)46-24-12-9-20-41(46)42-21-10-13-25-47(42)53/h1-34H. The molecule has 0 atom stereocenters. The molecule has 10 aromatic rings. The average molecular weight is 731 g/mol. The van der Waals surface area contributed by atoms with E-state index in [0.29, 0.717) is 5.82 Å². The monoisotopic (exact) mass is 730 g/mol. The van der Waals surface area contributed by atoms with Gasteiger partial charge in [-0.05, 0) is 68.8 Å². The van der Waals surface area contributed by atoms with Gasteiger partial charge in [0.2, 0.25) is 0 Å². The predicted molar refractivity (Wildman–Crippen MR) is 234 cm³/mol. The van der Waals surface area contributed by atoms with Gasteiger partial charge < -0.3 is 0 Å². The largest absolute Gasteiger partial charge is 0.228 e. The van der Waals surface area contributed by atoms with Gasteiger partial charge in [0, 0.05) is 36.9 Å². The van der Waals surface area contributed by atoms with E-state index in [0.717, 1.165) is 39.2 Å². The fourth-order valence-electron chi connectivity index (χ4n) is 8.90.